The third-order valence-electron chi connectivity index (χ3n) is 7.07. The number of aromatic nitrogens is 2. The standard InChI is InChI=1S/C32H20N2O10/c35-29(36)23-9-19(10-24(33-23)30(37)38)43-13-17-3-1-15-5-7-22-18(4-2-16-6-8-21(17)27(15)28(16)22)14-44-20-11-25(31(39)40)34-26(12-20)32(41)42/h1-12H,13-14H2,(H,35,36)(H,37,38)(H,39,40)(H,41,42)/p-4. The number of aromatic carboxylic acids is 4. The van der Waals surface area contributed by atoms with Crippen molar-refractivity contribution in [3.05, 3.63) is 107 Å². The summed E-state index contributed by atoms with van der Waals surface area (Å²) in [4.78, 5) is 52.2. The van der Waals surface area contributed by atoms with Crippen LogP contribution in [0.5, 0.6) is 11.5 Å². The van der Waals surface area contributed by atoms with Gasteiger partial charge >= 0.3 is 0 Å². The lowest BCUT2D eigenvalue weighted by Gasteiger charge is -2.17. The van der Waals surface area contributed by atoms with Crippen molar-refractivity contribution in [2.24, 2.45) is 0 Å². The number of carboxylic acids is 4. The van der Waals surface area contributed by atoms with E-state index in [2.05, 4.69) is 9.97 Å². The molecule has 0 fully saturated rings. The first-order chi connectivity index (χ1) is 21.1. The number of hydrogen-bond donors (Lipinski definition) is 0. The fraction of sp³-hybridized carbons (Fsp3) is 0.0625. The number of ether oxygens (including phenoxy) is 2. The summed E-state index contributed by atoms with van der Waals surface area (Å²) in [5.41, 5.74) is -0.959. The zero-order valence-corrected chi connectivity index (χ0v) is 22.3. The van der Waals surface area contributed by atoms with Gasteiger partial charge in [0.25, 0.3) is 0 Å². The lowest BCUT2D eigenvalue weighted by atomic mass is 9.90. The molecule has 0 aliphatic carbocycles. The van der Waals surface area contributed by atoms with Crippen molar-refractivity contribution in [3.63, 3.8) is 0 Å². The Labute approximate surface area is 246 Å². The Kier molecular flexibility index (Phi) is 6.86. The highest BCUT2D eigenvalue weighted by Crippen LogP contribution is 2.38. The molecule has 6 rings (SSSR count). The molecule has 12 heteroatoms. The van der Waals surface area contributed by atoms with E-state index < -0.39 is 46.7 Å². The molecule has 2 aromatic heterocycles. The topological polar surface area (TPSA) is 205 Å². The quantitative estimate of drug-likeness (QED) is 0.194. The molecular formula is C32H16N2O10-4. The second-order valence-electron chi connectivity index (χ2n) is 9.75. The highest BCUT2D eigenvalue weighted by molar-refractivity contribution is 6.24. The monoisotopic (exact) mass is 588 g/mol. The molecule has 218 valence electrons. The van der Waals surface area contributed by atoms with Crippen molar-refractivity contribution >= 4 is 56.2 Å². The molecule has 0 spiro atoms. The Morgan fingerprint density at radius 2 is 0.818 bits per heavy atom. The predicted octanol–water partition coefficient (Wildman–Crippen LogP) is -0.0140. The van der Waals surface area contributed by atoms with Crippen LogP contribution < -0.4 is 29.9 Å². The Bertz CT molecular complexity index is 1940. The molecule has 6 aromatic rings. The second kappa shape index (κ2) is 10.8. The predicted molar refractivity (Wildman–Crippen MR) is 145 cm³/mol. The van der Waals surface area contributed by atoms with Gasteiger partial charge in [-0.05, 0) is 43.4 Å². The van der Waals surface area contributed by atoms with Crippen molar-refractivity contribution in [1.29, 1.82) is 0 Å². The Morgan fingerprint density at radius 1 is 0.500 bits per heavy atom. The van der Waals surface area contributed by atoms with Crippen molar-refractivity contribution < 1.29 is 49.1 Å². The van der Waals surface area contributed by atoms with Gasteiger partial charge in [0.05, 0.1) is 46.7 Å². The van der Waals surface area contributed by atoms with Crippen LogP contribution in [0.4, 0.5) is 0 Å². The van der Waals surface area contributed by atoms with Gasteiger partial charge in [0.1, 0.15) is 24.7 Å². The van der Waals surface area contributed by atoms with E-state index in [1.807, 2.05) is 48.5 Å². The van der Waals surface area contributed by atoms with Gasteiger partial charge < -0.3 is 49.1 Å². The molecule has 4 aromatic carbocycles. The lowest BCUT2D eigenvalue weighted by Crippen LogP contribution is -2.28. The van der Waals surface area contributed by atoms with Crippen LogP contribution in [0.25, 0.3) is 32.3 Å². The Hall–Kier alpha value is -6.30. The van der Waals surface area contributed by atoms with Gasteiger partial charge in [-0.25, -0.2) is 9.97 Å². The molecule has 0 saturated heterocycles. The number of nitrogens with zero attached hydrogens (tertiary/aromatic N) is 2. The number of carbonyl (C=O) groups is 4. The zero-order chi connectivity index (χ0) is 31.1. The maximum atomic E-state index is 11.3. The van der Waals surface area contributed by atoms with E-state index in [1.54, 1.807) is 0 Å². The highest BCUT2D eigenvalue weighted by atomic mass is 16.5. The van der Waals surface area contributed by atoms with Gasteiger partial charge in [-0.2, -0.15) is 0 Å². The largest absolute Gasteiger partial charge is 0.543 e. The summed E-state index contributed by atoms with van der Waals surface area (Å²) in [6, 6.07) is 19.5. The molecule has 0 radical (unpaired) electrons. The summed E-state index contributed by atoms with van der Waals surface area (Å²) < 4.78 is 11.6. The van der Waals surface area contributed by atoms with Crippen LogP contribution in [-0.4, -0.2) is 33.8 Å². The Balaban J connectivity index is 1.36. The second-order valence-corrected chi connectivity index (χ2v) is 9.75. The van der Waals surface area contributed by atoms with Crippen LogP contribution in [0.1, 0.15) is 53.1 Å². The van der Waals surface area contributed by atoms with Gasteiger partial charge in [-0.15, -0.1) is 0 Å². The normalized spacial score (nSPS) is 11.2. The molecule has 0 amide bonds. The van der Waals surface area contributed by atoms with Gasteiger partial charge in [0.2, 0.25) is 0 Å². The van der Waals surface area contributed by atoms with Gasteiger partial charge in [0, 0.05) is 24.3 Å². The molecule has 0 atom stereocenters. The summed E-state index contributed by atoms with van der Waals surface area (Å²) in [6.07, 6.45) is 0. The van der Waals surface area contributed by atoms with Crippen LogP contribution in [0, 0.1) is 0 Å². The van der Waals surface area contributed by atoms with Crippen molar-refractivity contribution in [1.82, 2.24) is 9.97 Å². The van der Waals surface area contributed by atoms with E-state index in [0.29, 0.717) is 0 Å². The smallest absolute Gasteiger partial charge is 0.124 e. The third-order valence-corrected chi connectivity index (χ3v) is 7.07. The van der Waals surface area contributed by atoms with E-state index in [0.717, 1.165) is 67.7 Å². The summed E-state index contributed by atoms with van der Waals surface area (Å²) in [5, 5.41) is 50.5. The highest BCUT2D eigenvalue weighted by Gasteiger charge is 2.15. The SMILES string of the molecule is O=C([O-])c1cc(OCc2ccc3ccc4c(COc5cc(C(=O)[O-])nc(C(=O)[O-])c5)ccc5ccc2c3c54)cc(C(=O)[O-])n1. The van der Waals surface area contributed by atoms with E-state index in [1.165, 1.54) is 0 Å². The number of rotatable bonds is 10. The number of carboxylic acid groups (broad SMARTS) is 4. The van der Waals surface area contributed by atoms with Crippen molar-refractivity contribution in [3.8, 4) is 11.5 Å². The fourth-order valence-electron chi connectivity index (χ4n) is 5.09. The van der Waals surface area contributed by atoms with E-state index in [4.69, 9.17) is 9.47 Å². The van der Waals surface area contributed by atoms with Crippen LogP contribution in [0.3, 0.4) is 0 Å². The van der Waals surface area contributed by atoms with E-state index >= 15 is 0 Å². The maximum absolute atomic E-state index is 11.3. The summed E-state index contributed by atoms with van der Waals surface area (Å²) in [5.74, 6) is -6.73. The maximum Gasteiger partial charge on any atom is 0.124 e. The number of carbonyl (C=O) groups excluding carboxylic acids is 4. The van der Waals surface area contributed by atoms with Gasteiger partial charge in [0.15, 0.2) is 0 Å². The van der Waals surface area contributed by atoms with Gasteiger partial charge in [-0.1, -0.05) is 48.5 Å². The average Bonchev–Trinajstić information content (AvgIpc) is 3.01. The molecule has 0 saturated carbocycles. The first-order valence-electron chi connectivity index (χ1n) is 12.9. The summed E-state index contributed by atoms with van der Waals surface area (Å²) >= 11 is 0. The molecular weight excluding hydrogens is 572 g/mol. The molecule has 0 unspecified atom stereocenters. The minimum atomic E-state index is -1.66. The van der Waals surface area contributed by atoms with E-state index in [9.17, 15) is 39.6 Å². The molecule has 2 heterocycles. The van der Waals surface area contributed by atoms with Crippen LogP contribution >= 0.6 is 0 Å². The summed E-state index contributed by atoms with van der Waals surface area (Å²) in [6.45, 7) is -0.0621. The van der Waals surface area contributed by atoms with Crippen molar-refractivity contribution in [2.45, 2.75) is 13.2 Å². The minimum absolute atomic E-state index is 0.0310. The molecule has 12 nitrogen and oxygen atoms in total. The van der Waals surface area contributed by atoms with Crippen LogP contribution in [-0.2, 0) is 13.2 Å². The summed E-state index contributed by atoms with van der Waals surface area (Å²) in [7, 11) is 0. The minimum Gasteiger partial charge on any atom is -0.543 e. The molecule has 0 N–H and O–H groups in total. The average molecular weight is 588 g/mol. The van der Waals surface area contributed by atoms with E-state index in [-0.39, 0.29) is 24.7 Å². The van der Waals surface area contributed by atoms with Gasteiger partial charge in [-0.3, -0.25) is 0 Å². The van der Waals surface area contributed by atoms with Crippen LogP contribution in [0.15, 0.2) is 72.8 Å². The number of hydrogen-bond acceptors (Lipinski definition) is 12. The fourth-order valence-corrected chi connectivity index (χ4v) is 5.09. The number of benzene rings is 4. The number of pyridine rings is 2. The molecule has 0 aliphatic rings. The molecule has 0 aliphatic heterocycles. The first kappa shape index (κ1) is 27.8. The molecule has 0 bridgehead atoms. The zero-order valence-electron chi connectivity index (χ0n) is 22.3. The first-order valence-corrected chi connectivity index (χ1v) is 12.9. The lowest BCUT2D eigenvalue weighted by molar-refractivity contribution is -0.258. The molecule has 44 heavy (non-hydrogen) atoms. The third kappa shape index (κ3) is 5.11. The van der Waals surface area contributed by atoms with Crippen molar-refractivity contribution in [2.75, 3.05) is 0 Å². The van der Waals surface area contributed by atoms with Crippen LogP contribution in [0.2, 0.25) is 0 Å². The Morgan fingerprint density at radius 3 is 1.14 bits per heavy atom.